The first-order valence-electron chi connectivity index (χ1n) is 7.39. The second-order valence-electron chi connectivity index (χ2n) is 6.05. The Hall–Kier alpha value is -1.71. The monoisotopic (exact) mass is 350 g/mol. The normalized spacial score (nSPS) is 11.1. The van der Waals surface area contributed by atoms with E-state index in [0.717, 1.165) is 11.1 Å². The molecule has 3 nitrogen and oxygen atoms in total. The second-order valence-corrected chi connectivity index (χ2v) is 6.93. The molecule has 0 aromatic heterocycles. The van der Waals surface area contributed by atoms with E-state index in [1.54, 1.807) is 12.1 Å². The molecule has 0 atom stereocenters. The summed E-state index contributed by atoms with van der Waals surface area (Å²) in [7, 11) is 0. The van der Waals surface area contributed by atoms with Crippen LogP contribution in [0.25, 0.3) is 0 Å². The summed E-state index contributed by atoms with van der Waals surface area (Å²) in [4.78, 5) is 11.9. The lowest BCUT2D eigenvalue weighted by atomic mass is 9.85. The fraction of sp³-hybridized carbons (Fsp3) is 0.278. The first-order chi connectivity index (χ1) is 10.9. The van der Waals surface area contributed by atoms with Gasteiger partial charge in [-0.25, -0.2) is 4.79 Å². The van der Waals surface area contributed by atoms with Gasteiger partial charge in [0.1, 0.15) is 0 Å². The van der Waals surface area contributed by atoms with E-state index in [1.165, 1.54) is 0 Å². The summed E-state index contributed by atoms with van der Waals surface area (Å²) in [5.74, 6) is 0. The number of amides is 2. The molecule has 0 aliphatic rings. The molecule has 0 saturated heterocycles. The number of carbonyl (C=O) groups excluding carboxylic acids is 1. The Morgan fingerprint density at radius 1 is 0.913 bits per heavy atom. The summed E-state index contributed by atoms with van der Waals surface area (Å²) in [6, 6.07) is 14.9. The van der Waals surface area contributed by atoms with E-state index < -0.39 is 0 Å². The van der Waals surface area contributed by atoms with Gasteiger partial charge in [-0.1, -0.05) is 61.3 Å². The Labute approximate surface area is 147 Å². The zero-order chi connectivity index (χ0) is 16.9. The first kappa shape index (κ1) is 17.6. The maximum atomic E-state index is 11.9. The Kier molecular flexibility index (Phi) is 5.91. The molecule has 2 rings (SSSR count). The number of halogens is 2. The lowest BCUT2D eigenvalue weighted by molar-refractivity contribution is 0.238. The zero-order valence-corrected chi connectivity index (χ0v) is 14.7. The fourth-order valence-electron chi connectivity index (χ4n) is 2.15. The summed E-state index contributed by atoms with van der Waals surface area (Å²) >= 11 is 11.7. The lowest BCUT2D eigenvalue weighted by Gasteiger charge is -2.25. The smallest absolute Gasteiger partial charge is 0.315 e. The first-order valence-corrected chi connectivity index (χ1v) is 8.14. The molecule has 0 aliphatic heterocycles. The molecule has 0 spiro atoms. The predicted molar refractivity (Wildman–Crippen MR) is 96.2 cm³/mol. The van der Waals surface area contributed by atoms with Crippen molar-refractivity contribution in [1.29, 1.82) is 0 Å². The average Bonchev–Trinajstić information content (AvgIpc) is 2.53. The summed E-state index contributed by atoms with van der Waals surface area (Å²) in [6.07, 6.45) is 0. The van der Waals surface area contributed by atoms with Crippen LogP contribution in [-0.2, 0) is 12.0 Å². The highest BCUT2D eigenvalue weighted by Crippen LogP contribution is 2.23. The lowest BCUT2D eigenvalue weighted by Crippen LogP contribution is -2.42. The number of urea groups is 1. The van der Waals surface area contributed by atoms with E-state index in [-0.39, 0.29) is 11.4 Å². The Morgan fingerprint density at radius 2 is 1.43 bits per heavy atom. The summed E-state index contributed by atoms with van der Waals surface area (Å²) < 4.78 is 0. The molecule has 2 N–H and O–H groups in total. The van der Waals surface area contributed by atoms with Gasteiger partial charge in [0.2, 0.25) is 0 Å². The van der Waals surface area contributed by atoms with Crippen LogP contribution < -0.4 is 10.6 Å². The Bertz CT molecular complexity index is 652. The van der Waals surface area contributed by atoms with Crippen LogP contribution in [0.1, 0.15) is 25.0 Å². The van der Waals surface area contributed by atoms with Crippen molar-refractivity contribution in [3.8, 4) is 0 Å². The molecule has 23 heavy (non-hydrogen) atoms. The fourth-order valence-corrected chi connectivity index (χ4v) is 2.40. The van der Waals surface area contributed by atoms with Gasteiger partial charge in [-0.05, 0) is 35.4 Å². The van der Waals surface area contributed by atoms with Crippen molar-refractivity contribution >= 4 is 29.2 Å². The third-order valence-corrected chi connectivity index (χ3v) is 4.19. The molecule has 0 radical (unpaired) electrons. The molecule has 0 fully saturated rings. The van der Waals surface area contributed by atoms with Crippen LogP contribution in [0.4, 0.5) is 4.79 Å². The van der Waals surface area contributed by atoms with Crippen LogP contribution in [0.3, 0.4) is 0 Å². The summed E-state index contributed by atoms with van der Waals surface area (Å²) in [5, 5.41) is 7.14. The molecular formula is C18H20Cl2N2O. The van der Waals surface area contributed by atoms with Gasteiger partial charge in [0, 0.05) is 28.5 Å². The van der Waals surface area contributed by atoms with Crippen molar-refractivity contribution in [3.63, 3.8) is 0 Å². The molecule has 2 aromatic carbocycles. The third kappa shape index (κ3) is 5.45. The molecule has 0 saturated carbocycles. The summed E-state index contributed by atoms with van der Waals surface area (Å²) in [5.41, 5.74) is 1.95. The molecular weight excluding hydrogens is 331 g/mol. The molecule has 0 bridgehead atoms. The highest BCUT2D eigenvalue weighted by molar-refractivity contribution is 6.30. The van der Waals surface area contributed by atoms with Crippen LogP contribution in [-0.4, -0.2) is 12.6 Å². The van der Waals surface area contributed by atoms with Gasteiger partial charge in [0.05, 0.1) is 0 Å². The van der Waals surface area contributed by atoms with Gasteiger partial charge < -0.3 is 10.6 Å². The van der Waals surface area contributed by atoms with E-state index in [1.807, 2.05) is 36.4 Å². The van der Waals surface area contributed by atoms with Gasteiger partial charge in [-0.15, -0.1) is 0 Å². The van der Waals surface area contributed by atoms with Gasteiger partial charge in [-0.2, -0.15) is 0 Å². The minimum Gasteiger partial charge on any atom is -0.337 e. The van der Waals surface area contributed by atoms with Crippen molar-refractivity contribution in [3.05, 3.63) is 69.7 Å². The Balaban J connectivity index is 1.83. The van der Waals surface area contributed by atoms with E-state index in [0.29, 0.717) is 23.1 Å². The maximum absolute atomic E-state index is 11.9. The third-order valence-electron chi connectivity index (χ3n) is 3.68. The predicted octanol–water partition coefficient (Wildman–Crippen LogP) is 4.77. The van der Waals surface area contributed by atoms with E-state index in [4.69, 9.17) is 23.2 Å². The zero-order valence-electron chi connectivity index (χ0n) is 13.2. The molecule has 122 valence electrons. The van der Waals surface area contributed by atoms with Gasteiger partial charge in [-0.3, -0.25) is 0 Å². The highest BCUT2D eigenvalue weighted by atomic mass is 35.5. The second kappa shape index (κ2) is 7.71. The number of rotatable bonds is 5. The van der Waals surface area contributed by atoms with Gasteiger partial charge >= 0.3 is 6.03 Å². The van der Waals surface area contributed by atoms with Crippen molar-refractivity contribution < 1.29 is 4.79 Å². The molecule has 0 heterocycles. The molecule has 0 aliphatic carbocycles. The minimum absolute atomic E-state index is 0.178. The molecule has 2 aromatic rings. The maximum Gasteiger partial charge on any atom is 0.315 e. The van der Waals surface area contributed by atoms with Crippen molar-refractivity contribution in [2.75, 3.05) is 6.54 Å². The number of hydrogen-bond donors (Lipinski definition) is 2. The van der Waals surface area contributed by atoms with Crippen LogP contribution >= 0.6 is 23.2 Å². The molecule has 2 amide bonds. The highest BCUT2D eigenvalue weighted by Gasteiger charge is 2.21. The average molecular weight is 351 g/mol. The number of carbonyl (C=O) groups is 1. The van der Waals surface area contributed by atoms with Gasteiger partial charge in [0.25, 0.3) is 0 Å². The van der Waals surface area contributed by atoms with Crippen LogP contribution in [0.15, 0.2) is 48.5 Å². The van der Waals surface area contributed by atoms with E-state index in [2.05, 4.69) is 24.5 Å². The quantitative estimate of drug-likeness (QED) is 0.800. The van der Waals surface area contributed by atoms with Crippen LogP contribution in [0.2, 0.25) is 10.0 Å². The molecule has 0 unspecified atom stereocenters. The summed E-state index contributed by atoms with van der Waals surface area (Å²) in [6.45, 7) is 5.15. The number of benzene rings is 2. The number of hydrogen-bond acceptors (Lipinski definition) is 1. The minimum atomic E-state index is -0.193. The SMILES string of the molecule is CC(C)(CNC(=O)NCc1ccc(Cl)cc1)c1ccc(Cl)cc1. The topological polar surface area (TPSA) is 41.1 Å². The Morgan fingerprint density at radius 3 is 2.00 bits per heavy atom. The van der Waals surface area contributed by atoms with Crippen LogP contribution in [0.5, 0.6) is 0 Å². The van der Waals surface area contributed by atoms with Crippen LogP contribution in [0, 0.1) is 0 Å². The number of nitrogens with one attached hydrogen (secondary N) is 2. The largest absolute Gasteiger partial charge is 0.337 e. The van der Waals surface area contributed by atoms with Gasteiger partial charge in [0.15, 0.2) is 0 Å². The van der Waals surface area contributed by atoms with E-state index in [9.17, 15) is 4.79 Å². The molecule has 5 heteroatoms. The van der Waals surface area contributed by atoms with Crippen molar-refractivity contribution in [1.82, 2.24) is 10.6 Å². The standard InChI is InChI=1S/C18H20Cl2N2O/c1-18(2,14-5-9-16(20)10-6-14)12-22-17(23)21-11-13-3-7-15(19)8-4-13/h3-10H,11-12H2,1-2H3,(H2,21,22,23). The van der Waals surface area contributed by atoms with Crippen molar-refractivity contribution in [2.24, 2.45) is 0 Å². The van der Waals surface area contributed by atoms with Crippen molar-refractivity contribution in [2.45, 2.75) is 25.8 Å². The van der Waals surface area contributed by atoms with E-state index >= 15 is 0 Å².